The van der Waals surface area contributed by atoms with Crippen LogP contribution in [-0.4, -0.2) is 14.5 Å². The van der Waals surface area contributed by atoms with E-state index in [1.165, 1.54) is 11.3 Å². The van der Waals surface area contributed by atoms with E-state index in [1.807, 2.05) is 5.38 Å². The second-order valence-electron chi connectivity index (χ2n) is 3.65. The smallest absolute Gasteiger partial charge is 0.242 e. The maximum absolute atomic E-state index is 11.9. The van der Waals surface area contributed by atoms with E-state index in [4.69, 9.17) is 5.73 Å². The Labute approximate surface area is 94.5 Å². The van der Waals surface area contributed by atoms with E-state index in [0.717, 1.165) is 5.56 Å². The minimum atomic E-state index is -3.41. The molecule has 0 bridgehead atoms. The lowest BCUT2D eigenvalue weighted by molar-refractivity contribution is 0.568. The third-order valence-electron chi connectivity index (χ3n) is 1.83. The first kappa shape index (κ1) is 12.6. The van der Waals surface area contributed by atoms with Crippen molar-refractivity contribution < 1.29 is 8.42 Å². The molecule has 0 aliphatic rings. The molecule has 0 unspecified atom stereocenters. The van der Waals surface area contributed by atoms with Crippen LogP contribution in [0.2, 0.25) is 0 Å². The van der Waals surface area contributed by atoms with Crippen LogP contribution in [0.5, 0.6) is 0 Å². The van der Waals surface area contributed by atoms with Crippen molar-refractivity contribution in [2.24, 2.45) is 5.73 Å². The monoisotopic (exact) mass is 248 g/mol. The van der Waals surface area contributed by atoms with Gasteiger partial charge in [-0.05, 0) is 31.7 Å². The van der Waals surface area contributed by atoms with Crippen LogP contribution >= 0.6 is 11.3 Å². The summed E-state index contributed by atoms with van der Waals surface area (Å²) in [4.78, 5) is 1.06. The molecule has 3 N–H and O–H groups in total. The number of nitrogens with one attached hydrogen (secondary N) is 1. The SMILES string of the molecule is Cc1csc(CN)c1S(=O)(=O)NC(C)C. The molecular formula is C9H16N2O2S2. The molecule has 6 heteroatoms. The maximum Gasteiger partial charge on any atom is 0.242 e. The number of aryl methyl sites for hydroxylation is 1. The fourth-order valence-electron chi connectivity index (χ4n) is 1.36. The van der Waals surface area contributed by atoms with Crippen LogP contribution in [0, 0.1) is 6.92 Å². The molecule has 0 aromatic carbocycles. The average Bonchev–Trinajstić information content (AvgIpc) is 2.44. The van der Waals surface area contributed by atoms with Crippen molar-refractivity contribution in [1.82, 2.24) is 4.72 Å². The van der Waals surface area contributed by atoms with Crippen LogP contribution in [0.4, 0.5) is 0 Å². The van der Waals surface area contributed by atoms with Crippen LogP contribution in [0.3, 0.4) is 0 Å². The van der Waals surface area contributed by atoms with E-state index < -0.39 is 10.0 Å². The number of thiophene rings is 1. The molecule has 4 nitrogen and oxygen atoms in total. The highest BCUT2D eigenvalue weighted by Gasteiger charge is 2.22. The summed E-state index contributed by atoms with van der Waals surface area (Å²) in [5.41, 5.74) is 6.27. The zero-order chi connectivity index (χ0) is 11.6. The largest absolute Gasteiger partial charge is 0.326 e. The van der Waals surface area contributed by atoms with Crippen LogP contribution in [0.25, 0.3) is 0 Å². The van der Waals surface area contributed by atoms with Crippen molar-refractivity contribution in [3.63, 3.8) is 0 Å². The molecule has 1 rings (SSSR count). The first-order valence-electron chi connectivity index (χ1n) is 4.68. The summed E-state index contributed by atoms with van der Waals surface area (Å²) in [5, 5.41) is 1.82. The quantitative estimate of drug-likeness (QED) is 0.841. The van der Waals surface area contributed by atoms with Crippen LogP contribution in [-0.2, 0) is 16.6 Å². The molecule has 1 aromatic rings. The zero-order valence-corrected chi connectivity index (χ0v) is 10.7. The molecule has 0 aliphatic carbocycles. The van der Waals surface area contributed by atoms with E-state index >= 15 is 0 Å². The molecule has 1 heterocycles. The lowest BCUT2D eigenvalue weighted by atomic mass is 10.3. The molecule has 0 saturated carbocycles. The lowest BCUT2D eigenvalue weighted by Crippen LogP contribution is -2.31. The highest BCUT2D eigenvalue weighted by Crippen LogP contribution is 2.26. The van der Waals surface area contributed by atoms with Crippen molar-refractivity contribution in [3.05, 3.63) is 15.8 Å². The fourth-order valence-corrected chi connectivity index (χ4v) is 4.31. The van der Waals surface area contributed by atoms with Crippen molar-refractivity contribution in [2.75, 3.05) is 0 Å². The summed E-state index contributed by atoms with van der Waals surface area (Å²) in [6.07, 6.45) is 0. The topological polar surface area (TPSA) is 72.2 Å². The normalized spacial score (nSPS) is 12.3. The zero-order valence-electron chi connectivity index (χ0n) is 9.07. The molecule has 1 aromatic heterocycles. The fraction of sp³-hybridized carbons (Fsp3) is 0.556. The van der Waals surface area contributed by atoms with E-state index in [9.17, 15) is 8.42 Å². The Morgan fingerprint density at radius 2 is 2.13 bits per heavy atom. The molecule has 0 radical (unpaired) electrons. The molecular weight excluding hydrogens is 232 g/mol. The molecule has 0 amide bonds. The summed E-state index contributed by atoms with van der Waals surface area (Å²) < 4.78 is 26.4. The van der Waals surface area contributed by atoms with Gasteiger partial charge in [0.2, 0.25) is 10.0 Å². The molecule has 0 spiro atoms. The highest BCUT2D eigenvalue weighted by atomic mass is 32.2. The van der Waals surface area contributed by atoms with Gasteiger partial charge in [-0.3, -0.25) is 0 Å². The lowest BCUT2D eigenvalue weighted by Gasteiger charge is -2.10. The van der Waals surface area contributed by atoms with Gasteiger partial charge in [-0.1, -0.05) is 0 Å². The van der Waals surface area contributed by atoms with Gasteiger partial charge in [0.15, 0.2) is 0 Å². The van der Waals surface area contributed by atoms with Gasteiger partial charge in [-0.25, -0.2) is 13.1 Å². The summed E-state index contributed by atoms with van der Waals surface area (Å²) in [5.74, 6) is 0. The van der Waals surface area contributed by atoms with Gasteiger partial charge in [0.1, 0.15) is 4.90 Å². The number of rotatable bonds is 4. The Morgan fingerprint density at radius 3 is 2.60 bits per heavy atom. The molecule has 0 saturated heterocycles. The Hall–Kier alpha value is -0.430. The first-order valence-corrected chi connectivity index (χ1v) is 7.04. The van der Waals surface area contributed by atoms with Gasteiger partial charge in [-0.15, -0.1) is 11.3 Å². The summed E-state index contributed by atoms with van der Waals surface area (Å²) in [7, 11) is -3.41. The van der Waals surface area contributed by atoms with Gasteiger partial charge in [0, 0.05) is 17.5 Å². The molecule has 15 heavy (non-hydrogen) atoms. The minimum Gasteiger partial charge on any atom is -0.326 e. The minimum absolute atomic E-state index is 0.111. The summed E-state index contributed by atoms with van der Waals surface area (Å²) in [6, 6.07) is -0.111. The molecule has 0 atom stereocenters. The molecule has 86 valence electrons. The van der Waals surface area contributed by atoms with E-state index in [2.05, 4.69) is 4.72 Å². The second-order valence-corrected chi connectivity index (χ2v) is 6.27. The van der Waals surface area contributed by atoms with Crippen molar-refractivity contribution >= 4 is 21.4 Å². The first-order chi connectivity index (χ1) is 6.88. The number of sulfonamides is 1. The van der Waals surface area contributed by atoms with E-state index in [1.54, 1.807) is 20.8 Å². The second kappa shape index (κ2) is 4.61. The van der Waals surface area contributed by atoms with E-state index in [-0.39, 0.29) is 12.6 Å². The Kier molecular flexibility index (Phi) is 3.88. The van der Waals surface area contributed by atoms with Gasteiger partial charge in [-0.2, -0.15) is 0 Å². The van der Waals surface area contributed by atoms with E-state index in [0.29, 0.717) is 9.77 Å². The van der Waals surface area contributed by atoms with Gasteiger partial charge in [0.25, 0.3) is 0 Å². The van der Waals surface area contributed by atoms with Gasteiger partial charge in [0.05, 0.1) is 0 Å². The summed E-state index contributed by atoms with van der Waals surface area (Å²) in [6.45, 7) is 5.63. The van der Waals surface area contributed by atoms with Gasteiger partial charge >= 0.3 is 0 Å². The van der Waals surface area contributed by atoms with Crippen LogP contribution in [0.15, 0.2) is 10.3 Å². The van der Waals surface area contributed by atoms with Crippen molar-refractivity contribution in [2.45, 2.75) is 38.3 Å². The predicted octanol–water partition coefficient (Wildman–Crippen LogP) is 1.20. The predicted molar refractivity (Wildman–Crippen MR) is 62.4 cm³/mol. The standard InChI is InChI=1S/C9H16N2O2S2/c1-6(2)11-15(12,13)9-7(3)5-14-8(9)4-10/h5-6,11H,4,10H2,1-3H3. The van der Waals surface area contributed by atoms with Crippen molar-refractivity contribution in [1.29, 1.82) is 0 Å². The number of hydrogen-bond donors (Lipinski definition) is 2. The van der Waals surface area contributed by atoms with Crippen molar-refractivity contribution in [3.8, 4) is 0 Å². The Balaban J connectivity index is 3.20. The highest BCUT2D eigenvalue weighted by molar-refractivity contribution is 7.89. The van der Waals surface area contributed by atoms with Crippen LogP contribution < -0.4 is 10.5 Å². The van der Waals surface area contributed by atoms with Crippen LogP contribution in [0.1, 0.15) is 24.3 Å². The number of hydrogen-bond acceptors (Lipinski definition) is 4. The molecule has 0 fully saturated rings. The Bertz CT molecular complexity index is 435. The number of nitrogens with two attached hydrogens (primary N) is 1. The Morgan fingerprint density at radius 1 is 1.53 bits per heavy atom. The molecule has 0 aliphatic heterocycles. The maximum atomic E-state index is 11.9. The third kappa shape index (κ3) is 2.78. The van der Waals surface area contributed by atoms with Gasteiger partial charge < -0.3 is 5.73 Å². The summed E-state index contributed by atoms with van der Waals surface area (Å²) >= 11 is 1.39. The average molecular weight is 248 g/mol. The third-order valence-corrected chi connectivity index (χ3v) is 4.98.